The van der Waals surface area contributed by atoms with Gasteiger partial charge in [-0.15, -0.1) is 0 Å². The number of nitro groups is 1. The summed E-state index contributed by atoms with van der Waals surface area (Å²) in [4.78, 5) is 37.2. The molecule has 4 N–H and O–H groups in total. The molecule has 1 atom stereocenters. The smallest absolute Gasteiger partial charge is 0.391 e. The molecule has 0 unspecified atom stereocenters. The van der Waals surface area contributed by atoms with Crippen LogP contribution in [0.4, 0.5) is 30.2 Å². The number of pyridine rings is 1. The number of nitrogens with zero attached hydrogens (tertiary/aromatic N) is 4. The van der Waals surface area contributed by atoms with Gasteiger partial charge in [0.25, 0.3) is 21.6 Å². The van der Waals surface area contributed by atoms with Crippen LogP contribution >= 0.6 is 0 Å². The Morgan fingerprint density at radius 3 is 2.46 bits per heavy atom. The molecule has 1 spiro atoms. The summed E-state index contributed by atoms with van der Waals surface area (Å²) >= 11 is 0. The highest BCUT2D eigenvalue weighted by Crippen LogP contribution is 2.54. The third kappa shape index (κ3) is 9.70. The standard InChI is InChI=1S/C49H56F3N7O7S/c1-31(2)38-6-3-4-7-39(38)42-8-5-21-58(42)35-27-47(28-35)18-22-57(23-19-47)34-9-11-40(44(25-34)66-36-24-32-15-20-53-45(32)54-29-36)46(60)56-67(64,65)37-10-12-41(43(26-37)59(62)63)55-30-48(61)16-13-33(14-17-48)49(50,51)52/h3-4,6-7,9-12,15,20,24-26,29,31,33,35,42,55,61H,5,8,13-14,16-19,21-23,27-28,30H2,1-2H3,(H,53,54)(H,56,60)/t33?,42-,48?/m0/s1. The van der Waals surface area contributed by atoms with Crippen molar-refractivity contribution >= 4 is 44.0 Å². The normalized spacial score (nSPS) is 22.5. The zero-order valence-corrected chi connectivity index (χ0v) is 38.3. The van der Waals surface area contributed by atoms with E-state index in [0.29, 0.717) is 29.4 Å². The highest BCUT2D eigenvalue weighted by molar-refractivity contribution is 7.90. The molecule has 2 aliphatic carbocycles. The lowest BCUT2D eigenvalue weighted by molar-refractivity contribution is -0.384. The van der Waals surface area contributed by atoms with E-state index in [1.165, 1.54) is 36.2 Å². The molecule has 4 aliphatic rings. The molecule has 2 saturated carbocycles. The van der Waals surface area contributed by atoms with Crippen molar-refractivity contribution < 1.29 is 41.2 Å². The number of alkyl halides is 3. The Morgan fingerprint density at radius 1 is 1.00 bits per heavy atom. The number of hydrogen-bond donors (Lipinski definition) is 4. The van der Waals surface area contributed by atoms with Gasteiger partial charge in [-0.2, -0.15) is 13.2 Å². The molecule has 4 heterocycles. The van der Waals surface area contributed by atoms with Gasteiger partial charge in [0, 0.05) is 61.1 Å². The van der Waals surface area contributed by atoms with Crippen LogP contribution in [0.2, 0.25) is 0 Å². The number of hydrogen-bond acceptors (Lipinski definition) is 11. The molecule has 5 aromatic rings. The van der Waals surface area contributed by atoms with E-state index in [2.05, 4.69) is 63.2 Å². The predicted molar refractivity (Wildman–Crippen MR) is 248 cm³/mol. The monoisotopic (exact) mass is 943 g/mol. The van der Waals surface area contributed by atoms with E-state index in [9.17, 15) is 41.6 Å². The molecular weight excluding hydrogens is 888 g/mol. The molecule has 0 radical (unpaired) electrons. The summed E-state index contributed by atoms with van der Waals surface area (Å²) in [6, 6.07) is 21.4. The number of aliphatic hydroxyl groups is 1. The lowest BCUT2D eigenvalue weighted by Crippen LogP contribution is -2.54. The van der Waals surface area contributed by atoms with Gasteiger partial charge in [-0.25, -0.2) is 18.1 Å². The summed E-state index contributed by atoms with van der Waals surface area (Å²) < 4.78 is 75.4. The molecule has 18 heteroatoms. The first-order valence-electron chi connectivity index (χ1n) is 23.1. The van der Waals surface area contributed by atoms with Crippen LogP contribution in [0, 0.1) is 21.4 Å². The SMILES string of the molecule is CC(C)c1ccccc1[C@@H]1CCCN1C1CC2(CCN(c3ccc(C(=O)NS(=O)(=O)c4ccc(NCC5(O)CCC(C(F)(F)F)CC5)c([N+](=O)[O-])c4)c(Oc4cnc5[nH]ccc5c4)c3)CC2)C1. The number of fused-ring (bicyclic) bond motifs is 1. The van der Waals surface area contributed by atoms with E-state index in [-0.39, 0.29) is 54.6 Å². The Bertz CT molecular complexity index is 2760. The predicted octanol–water partition coefficient (Wildman–Crippen LogP) is 9.99. The maximum atomic E-state index is 14.0. The molecule has 1 amide bonds. The van der Waals surface area contributed by atoms with Crippen LogP contribution in [0.5, 0.6) is 11.5 Å². The molecule has 9 rings (SSSR count). The number of piperidine rings is 1. The van der Waals surface area contributed by atoms with Crippen molar-refractivity contribution in [1.82, 2.24) is 19.6 Å². The molecule has 2 aromatic heterocycles. The van der Waals surface area contributed by atoms with Crippen molar-refractivity contribution in [3.8, 4) is 11.5 Å². The van der Waals surface area contributed by atoms with Crippen LogP contribution in [0.25, 0.3) is 11.0 Å². The highest BCUT2D eigenvalue weighted by Gasteiger charge is 2.50. The van der Waals surface area contributed by atoms with Gasteiger partial charge >= 0.3 is 6.18 Å². The van der Waals surface area contributed by atoms with Crippen LogP contribution in [0.3, 0.4) is 0 Å². The Hall–Kier alpha value is -5.72. The minimum Gasteiger partial charge on any atom is -0.455 e. The molecule has 14 nitrogen and oxygen atoms in total. The number of aromatic nitrogens is 2. The third-order valence-electron chi connectivity index (χ3n) is 14.8. The number of nitrogens with one attached hydrogen (secondary N) is 3. The first-order chi connectivity index (χ1) is 31.9. The van der Waals surface area contributed by atoms with Crippen LogP contribution in [-0.4, -0.2) is 83.2 Å². The number of carbonyl (C=O) groups excluding carboxylic acids is 1. The van der Waals surface area contributed by atoms with Crippen LogP contribution in [0.15, 0.2) is 90.1 Å². The molecule has 2 saturated heterocycles. The van der Waals surface area contributed by atoms with Gasteiger partial charge < -0.3 is 25.0 Å². The number of benzene rings is 3. The van der Waals surface area contributed by atoms with Crippen molar-refractivity contribution in [2.24, 2.45) is 11.3 Å². The average Bonchev–Trinajstić information content (AvgIpc) is 3.97. The topological polar surface area (TPSA) is 183 Å². The number of anilines is 2. The zero-order chi connectivity index (χ0) is 47.3. The van der Waals surface area contributed by atoms with Gasteiger partial charge in [0.2, 0.25) is 0 Å². The van der Waals surface area contributed by atoms with E-state index in [1.54, 1.807) is 24.4 Å². The van der Waals surface area contributed by atoms with Gasteiger partial charge in [0.05, 0.1) is 33.1 Å². The summed E-state index contributed by atoms with van der Waals surface area (Å²) in [5.41, 5.74) is 2.14. The van der Waals surface area contributed by atoms with Gasteiger partial charge in [0.1, 0.15) is 22.8 Å². The van der Waals surface area contributed by atoms with Crippen LogP contribution in [-0.2, 0) is 10.0 Å². The number of halogens is 3. The summed E-state index contributed by atoms with van der Waals surface area (Å²) in [6.45, 7) is 6.96. The first-order valence-corrected chi connectivity index (χ1v) is 24.6. The summed E-state index contributed by atoms with van der Waals surface area (Å²) in [6.07, 6.45) is 4.67. The molecule has 3 aromatic carbocycles. The molecule has 4 fully saturated rings. The summed E-state index contributed by atoms with van der Waals surface area (Å²) in [5, 5.41) is 26.6. The van der Waals surface area contributed by atoms with Gasteiger partial charge in [-0.3, -0.25) is 19.8 Å². The van der Waals surface area contributed by atoms with Gasteiger partial charge in [0.15, 0.2) is 0 Å². The van der Waals surface area contributed by atoms with Crippen molar-refractivity contribution in [3.63, 3.8) is 0 Å². The quantitative estimate of drug-likeness (QED) is 0.0651. The number of ether oxygens (including phenoxy) is 1. The van der Waals surface area contributed by atoms with Crippen molar-refractivity contribution in [1.29, 1.82) is 0 Å². The third-order valence-corrected chi connectivity index (χ3v) is 16.1. The lowest BCUT2D eigenvalue weighted by atomic mass is 9.59. The van der Waals surface area contributed by atoms with E-state index in [4.69, 9.17) is 4.74 Å². The second kappa shape index (κ2) is 18.1. The van der Waals surface area contributed by atoms with E-state index in [0.717, 1.165) is 74.6 Å². The van der Waals surface area contributed by atoms with Crippen molar-refractivity contribution in [3.05, 3.63) is 112 Å². The minimum absolute atomic E-state index is 0.0837. The number of sulfonamides is 1. The Kier molecular flexibility index (Phi) is 12.5. The fraction of sp³-hybridized carbons (Fsp3) is 0.469. The van der Waals surface area contributed by atoms with E-state index >= 15 is 0 Å². The van der Waals surface area contributed by atoms with Gasteiger partial charge in [-0.05, 0) is 130 Å². The first kappa shape index (κ1) is 46.4. The Labute approximate surface area is 387 Å². The fourth-order valence-corrected chi connectivity index (χ4v) is 11.9. The zero-order valence-electron chi connectivity index (χ0n) is 37.5. The maximum Gasteiger partial charge on any atom is 0.391 e. The number of likely N-dealkylation sites (tertiary alicyclic amines) is 1. The second-order valence-electron chi connectivity index (χ2n) is 19.4. The lowest BCUT2D eigenvalue weighted by Gasteiger charge is -2.56. The van der Waals surface area contributed by atoms with Crippen molar-refractivity contribution in [2.75, 3.05) is 36.4 Å². The largest absolute Gasteiger partial charge is 0.455 e. The molecule has 356 valence electrons. The molecule has 67 heavy (non-hydrogen) atoms. The van der Waals surface area contributed by atoms with Crippen molar-refractivity contribution in [2.45, 2.75) is 113 Å². The fourth-order valence-electron chi connectivity index (χ4n) is 10.9. The number of nitro benzene ring substituents is 1. The van der Waals surface area contributed by atoms with E-state index < -0.39 is 49.1 Å². The second-order valence-corrected chi connectivity index (χ2v) is 21.0. The van der Waals surface area contributed by atoms with Crippen LogP contribution in [0.1, 0.15) is 112 Å². The Balaban J connectivity index is 0.890. The van der Waals surface area contributed by atoms with Gasteiger partial charge in [-0.1, -0.05) is 38.1 Å². The van der Waals surface area contributed by atoms with Crippen LogP contribution < -0.4 is 19.7 Å². The summed E-state index contributed by atoms with van der Waals surface area (Å²) in [5.74, 6) is -1.70. The molecule has 0 bridgehead atoms. The minimum atomic E-state index is -4.71. The molecular formula is C49H56F3N7O7S. The number of rotatable bonds is 13. The highest BCUT2D eigenvalue weighted by atomic mass is 32.2. The number of aromatic amines is 1. The Morgan fingerprint density at radius 2 is 1.75 bits per heavy atom. The number of amides is 1. The number of carbonyl (C=O) groups is 1. The number of H-pyrrole nitrogens is 1. The summed E-state index contributed by atoms with van der Waals surface area (Å²) in [7, 11) is -4.71. The maximum absolute atomic E-state index is 14.0. The average molecular weight is 944 g/mol. The van der Waals surface area contributed by atoms with E-state index in [1.807, 2.05) is 10.8 Å². The molecule has 2 aliphatic heterocycles.